The molecule has 0 bridgehead atoms. The Labute approximate surface area is 144 Å². The van der Waals surface area contributed by atoms with E-state index in [0.717, 1.165) is 41.0 Å². The molecule has 3 aromatic rings. The van der Waals surface area contributed by atoms with Crippen LogP contribution in [0.25, 0.3) is 22.0 Å². The quantitative estimate of drug-likeness (QED) is 0.585. The molecule has 1 aromatic heterocycles. The van der Waals surface area contributed by atoms with Crippen molar-refractivity contribution in [2.45, 2.75) is 13.5 Å². The van der Waals surface area contributed by atoms with E-state index >= 15 is 0 Å². The van der Waals surface area contributed by atoms with Gasteiger partial charge in [0, 0.05) is 18.7 Å². The maximum atomic E-state index is 12.1. The Hall–Kier alpha value is -2.70. The van der Waals surface area contributed by atoms with Crippen LogP contribution >= 0.6 is 0 Å². The van der Waals surface area contributed by atoms with E-state index in [9.17, 15) is 4.79 Å². The summed E-state index contributed by atoms with van der Waals surface area (Å²) in [6.07, 6.45) is 0. The standard InChI is InChI=1S/C19H19N3O3/c1-2-22(8-9-23)11-12-6-7-15-14(10-12)18-17-13(19(24)21-20-18)4-3-5-16(17)25-15/h3-7,10,23H,2,8-9,11H2,1H3,(H,21,24). The van der Waals surface area contributed by atoms with E-state index in [4.69, 9.17) is 9.84 Å². The smallest absolute Gasteiger partial charge is 0.272 e. The number of aromatic amines is 1. The van der Waals surface area contributed by atoms with Gasteiger partial charge in [-0.25, -0.2) is 5.10 Å². The lowest BCUT2D eigenvalue weighted by Gasteiger charge is -2.22. The zero-order valence-electron chi connectivity index (χ0n) is 14.0. The van der Waals surface area contributed by atoms with Gasteiger partial charge in [-0.15, -0.1) is 0 Å². The minimum Gasteiger partial charge on any atom is -0.456 e. The topological polar surface area (TPSA) is 78.5 Å². The van der Waals surface area contributed by atoms with Crippen LogP contribution in [0.3, 0.4) is 0 Å². The maximum absolute atomic E-state index is 12.1. The summed E-state index contributed by atoms with van der Waals surface area (Å²) in [5.74, 6) is 1.38. The van der Waals surface area contributed by atoms with E-state index < -0.39 is 0 Å². The molecule has 0 atom stereocenters. The molecule has 6 nitrogen and oxygen atoms in total. The van der Waals surface area contributed by atoms with Crippen molar-refractivity contribution in [2.75, 3.05) is 19.7 Å². The summed E-state index contributed by atoms with van der Waals surface area (Å²) in [6, 6.07) is 11.4. The van der Waals surface area contributed by atoms with Gasteiger partial charge in [-0.2, -0.15) is 5.10 Å². The molecule has 2 aromatic carbocycles. The molecule has 1 aliphatic heterocycles. The molecule has 0 saturated carbocycles. The molecule has 0 radical (unpaired) electrons. The molecule has 2 heterocycles. The molecule has 25 heavy (non-hydrogen) atoms. The minimum absolute atomic E-state index is 0.136. The van der Waals surface area contributed by atoms with Crippen LogP contribution < -0.4 is 10.3 Å². The lowest BCUT2D eigenvalue weighted by atomic mass is 9.99. The van der Waals surface area contributed by atoms with Crippen LogP contribution in [0, 0.1) is 0 Å². The van der Waals surface area contributed by atoms with E-state index in [1.54, 1.807) is 6.07 Å². The van der Waals surface area contributed by atoms with Crippen molar-refractivity contribution in [3.05, 3.63) is 52.3 Å². The maximum Gasteiger partial charge on any atom is 0.272 e. The largest absolute Gasteiger partial charge is 0.456 e. The van der Waals surface area contributed by atoms with E-state index in [1.807, 2.05) is 30.3 Å². The fourth-order valence-electron chi connectivity index (χ4n) is 3.28. The molecule has 0 aliphatic carbocycles. The van der Waals surface area contributed by atoms with Crippen LogP contribution in [0.4, 0.5) is 0 Å². The molecule has 4 rings (SSSR count). The Balaban J connectivity index is 1.83. The number of likely N-dealkylation sites (N-methyl/N-ethyl adjacent to an activating group) is 1. The first-order valence-electron chi connectivity index (χ1n) is 8.37. The van der Waals surface area contributed by atoms with Crippen LogP contribution in [0.1, 0.15) is 12.5 Å². The summed E-state index contributed by atoms with van der Waals surface area (Å²) in [7, 11) is 0. The van der Waals surface area contributed by atoms with E-state index in [2.05, 4.69) is 22.0 Å². The number of benzene rings is 2. The van der Waals surface area contributed by atoms with E-state index in [1.165, 1.54) is 0 Å². The fourth-order valence-corrected chi connectivity index (χ4v) is 3.28. The first-order valence-corrected chi connectivity index (χ1v) is 8.37. The third kappa shape index (κ3) is 2.69. The number of H-pyrrole nitrogens is 1. The number of ether oxygens (including phenoxy) is 1. The fraction of sp³-hybridized carbons (Fsp3) is 0.263. The lowest BCUT2D eigenvalue weighted by molar-refractivity contribution is 0.197. The summed E-state index contributed by atoms with van der Waals surface area (Å²) >= 11 is 0. The molecular formula is C19H19N3O3. The van der Waals surface area contributed by atoms with Gasteiger partial charge < -0.3 is 9.84 Å². The first kappa shape index (κ1) is 15.8. The zero-order valence-corrected chi connectivity index (χ0v) is 14.0. The Bertz CT molecular complexity index is 997. The highest BCUT2D eigenvalue weighted by Crippen LogP contribution is 2.44. The highest BCUT2D eigenvalue weighted by Gasteiger charge is 2.23. The molecule has 1 aliphatic rings. The van der Waals surface area contributed by atoms with Crippen LogP contribution in [-0.2, 0) is 6.54 Å². The van der Waals surface area contributed by atoms with Crippen molar-refractivity contribution in [3.63, 3.8) is 0 Å². The third-order valence-electron chi connectivity index (χ3n) is 4.57. The highest BCUT2D eigenvalue weighted by atomic mass is 16.5. The number of rotatable bonds is 5. The third-order valence-corrected chi connectivity index (χ3v) is 4.57. The Morgan fingerprint density at radius 1 is 1.24 bits per heavy atom. The van der Waals surface area contributed by atoms with Crippen molar-refractivity contribution in [2.24, 2.45) is 0 Å². The normalized spacial score (nSPS) is 12.3. The second-order valence-corrected chi connectivity index (χ2v) is 6.10. The predicted molar refractivity (Wildman–Crippen MR) is 95.9 cm³/mol. The van der Waals surface area contributed by atoms with Gasteiger partial charge in [-0.05, 0) is 36.4 Å². The molecule has 0 spiro atoms. The van der Waals surface area contributed by atoms with Crippen molar-refractivity contribution < 1.29 is 9.84 Å². The number of fused-ring (bicyclic) bond motifs is 2. The SMILES string of the molecule is CCN(CCO)Cc1ccc2c(c1)-c1n[nH]c(=O)c3cccc(c13)O2. The van der Waals surface area contributed by atoms with E-state index in [0.29, 0.717) is 17.7 Å². The molecule has 6 heteroatoms. The number of hydrogen-bond donors (Lipinski definition) is 2. The van der Waals surface area contributed by atoms with Crippen molar-refractivity contribution in [1.82, 2.24) is 15.1 Å². The van der Waals surface area contributed by atoms with Crippen LogP contribution in [0.2, 0.25) is 0 Å². The molecule has 2 N–H and O–H groups in total. The zero-order chi connectivity index (χ0) is 17.4. The average molecular weight is 337 g/mol. The minimum atomic E-state index is -0.219. The number of nitrogens with zero attached hydrogens (tertiary/aromatic N) is 2. The first-order chi connectivity index (χ1) is 12.2. The monoisotopic (exact) mass is 337 g/mol. The van der Waals surface area contributed by atoms with Crippen LogP contribution in [0.5, 0.6) is 11.5 Å². The number of hydrogen-bond acceptors (Lipinski definition) is 5. The molecule has 0 saturated heterocycles. The Morgan fingerprint density at radius 3 is 2.92 bits per heavy atom. The van der Waals surface area contributed by atoms with Gasteiger partial charge in [0.05, 0.1) is 17.4 Å². The van der Waals surface area contributed by atoms with Gasteiger partial charge in [0.2, 0.25) is 0 Å². The second-order valence-electron chi connectivity index (χ2n) is 6.10. The highest BCUT2D eigenvalue weighted by molar-refractivity contribution is 6.01. The number of aliphatic hydroxyl groups is 1. The average Bonchev–Trinajstić information content (AvgIpc) is 2.64. The Morgan fingerprint density at radius 2 is 2.12 bits per heavy atom. The van der Waals surface area contributed by atoms with Gasteiger partial charge in [0.1, 0.15) is 17.2 Å². The van der Waals surface area contributed by atoms with E-state index in [-0.39, 0.29) is 12.2 Å². The second kappa shape index (κ2) is 6.31. The molecule has 128 valence electrons. The van der Waals surface area contributed by atoms with Gasteiger partial charge in [-0.3, -0.25) is 9.69 Å². The van der Waals surface area contributed by atoms with Crippen LogP contribution in [0.15, 0.2) is 41.2 Å². The van der Waals surface area contributed by atoms with Gasteiger partial charge in [0.25, 0.3) is 5.56 Å². The lowest BCUT2D eigenvalue weighted by Crippen LogP contribution is -2.26. The van der Waals surface area contributed by atoms with Crippen molar-refractivity contribution >= 4 is 10.8 Å². The summed E-state index contributed by atoms with van der Waals surface area (Å²) in [5.41, 5.74) is 2.50. The molecule has 0 amide bonds. The Kier molecular flexibility index (Phi) is 3.99. The number of nitrogens with one attached hydrogen (secondary N) is 1. The number of aliphatic hydroxyl groups excluding tert-OH is 1. The van der Waals surface area contributed by atoms with Gasteiger partial charge in [-0.1, -0.05) is 19.1 Å². The van der Waals surface area contributed by atoms with Crippen molar-refractivity contribution in [1.29, 1.82) is 0 Å². The summed E-state index contributed by atoms with van der Waals surface area (Å²) in [6.45, 7) is 4.43. The summed E-state index contributed by atoms with van der Waals surface area (Å²) < 4.78 is 5.99. The molecule has 0 fully saturated rings. The number of aromatic nitrogens is 2. The van der Waals surface area contributed by atoms with Gasteiger partial charge in [0.15, 0.2) is 0 Å². The van der Waals surface area contributed by atoms with Crippen molar-refractivity contribution in [3.8, 4) is 22.8 Å². The predicted octanol–water partition coefficient (Wildman–Crippen LogP) is 2.51. The molecule has 0 unspecified atom stereocenters. The molecular weight excluding hydrogens is 318 g/mol. The summed E-state index contributed by atoms with van der Waals surface area (Å²) in [5, 5.41) is 17.4. The summed E-state index contributed by atoms with van der Waals surface area (Å²) in [4.78, 5) is 14.2. The van der Waals surface area contributed by atoms with Crippen LogP contribution in [-0.4, -0.2) is 39.9 Å². The van der Waals surface area contributed by atoms with Gasteiger partial charge >= 0.3 is 0 Å².